The summed E-state index contributed by atoms with van der Waals surface area (Å²) in [6.45, 7) is 0. The van der Waals surface area contributed by atoms with Gasteiger partial charge in [0.05, 0.1) is 6.04 Å². The van der Waals surface area contributed by atoms with Gasteiger partial charge >= 0.3 is 0 Å². The highest BCUT2D eigenvalue weighted by Crippen LogP contribution is 2.23. The van der Waals surface area contributed by atoms with Gasteiger partial charge in [-0.3, -0.25) is 0 Å². The first-order valence-corrected chi connectivity index (χ1v) is 4.86. The van der Waals surface area contributed by atoms with E-state index < -0.39 is 6.04 Å². The zero-order valence-corrected chi connectivity index (χ0v) is 7.67. The molecule has 0 aliphatic heterocycles. The van der Waals surface area contributed by atoms with Crippen LogP contribution in [0.3, 0.4) is 0 Å². The molecule has 0 radical (unpaired) electrons. The van der Waals surface area contributed by atoms with Crippen molar-refractivity contribution in [2.75, 3.05) is 6.26 Å². The molecule has 1 aromatic rings. The van der Waals surface area contributed by atoms with Crippen LogP contribution in [0.15, 0.2) is 29.2 Å². The van der Waals surface area contributed by atoms with Crippen molar-refractivity contribution in [2.45, 2.75) is 10.9 Å². The second kappa shape index (κ2) is 4.28. The third-order valence-corrected chi connectivity index (χ3v) is 2.46. The van der Waals surface area contributed by atoms with Gasteiger partial charge in [0.1, 0.15) is 6.29 Å². The highest BCUT2D eigenvalue weighted by molar-refractivity contribution is 7.98. The molecular weight excluding hydrogens is 170 g/mol. The molecular formula is C9H11NOS. The predicted octanol–water partition coefficient (Wildman–Crippen LogP) is 1.61. The maximum atomic E-state index is 10.4. The number of rotatable bonds is 3. The van der Waals surface area contributed by atoms with Crippen LogP contribution in [0.2, 0.25) is 0 Å². The molecule has 0 aliphatic carbocycles. The molecule has 0 saturated heterocycles. The van der Waals surface area contributed by atoms with Gasteiger partial charge in [-0.2, -0.15) is 0 Å². The van der Waals surface area contributed by atoms with Crippen LogP contribution in [0.4, 0.5) is 0 Å². The van der Waals surface area contributed by atoms with Crippen LogP contribution in [0.25, 0.3) is 0 Å². The minimum atomic E-state index is -0.492. The van der Waals surface area contributed by atoms with Gasteiger partial charge in [-0.25, -0.2) is 0 Å². The lowest BCUT2D eigenvalue weighted by Crippen LogP contribution is -2.12. The van der Waals surface area contributed by atoms with Gasteiger partial charge in [-0.1, -0.05) is 18.2 Å². The van der Waals surface area contributed by atoms with E-state index in [1.807, 2.05) is 30.5 Å². The highest BCUT2D eigenvalue weighted by Gasteiger charge is 2.07. The number of hydrogen-bond acceptors (Lipinski definition) is 3. The van der Waals surface area contributed by atoms with Crippen LogP contribution in [0, 0.1) is 0 Å². The van der Waals surface area contributed by atoms with Crippen LogP contribution in [0.1, 0.15) is 11.6 Å². The average molecular weight is 181 g/mol. The molecule has 1 unspecified atom stereocenters. The molecule has 2 nitrogen and oxygen atoms in total. The molecule has 0 bridgehead atoms. The maximum Gasteiger partial charge on any atom is 0.141 e. The minimum Gasteiger partial charge on any atom is -0.318 e. The van der Waals surface area contributed by atoms with Gasteiger partial charge in [0.25, 0.3) is 0 Å². The van der Waals surface area contributed by atoms with E-state index in [1.54, 1.807) is 11.8 Å². The van der Waals surface area contributed by atoms with Crippen molar-refractivity contribution >= 4 is 18.0 Å². The fraction of sp³-hybridized carbons (Fsp3) is 0.222. The van der Waals surface area contributed by atoms with E-state index in [1.165, 1.54) is 0 Å². The molecule has 1 atom stereocenters. The van der Waals surface area contributed by atoms with Crippen molar-refractivity contribution < 1.29 is 4.79 Å². The lowest BCUT2D eigenvalue weighted by Gasteiger charge is -2.08. The lowest BCUT2D eigenvalue weighted by atomic mass is 10.1. The molecule has 0 aromatic heterocycles. The minimum absolute atomic E-state index is 0.492. The molecule has 0 heterocycles. The van der Waals surface area contributed by atoms with E-state index >= 15 is 0 Å². The van der Waals surface area contributed by atoms with E-state index in [4.69, 9.17) is 5.73 Å². The molecule has 1 aromatic carbocycles. The first-order chi connectivity index (χ1) is 5.79. The third kappa shape index (κ3) is 1.87. The summed E-state index contributed by atoms with van der Waals surface area (Å²) in [4.78, 5) is 11.5. The quantitative estimate of drug-likeness (QED) is 0.569. The maximum absolute atomic E-state index is 10.4. The summed E-state index contributed by atoms with van der Waals surface area (Å²) in [6, 6.07) is 7.17. The van der Waals surface area contributed by atoms with Crippen molar-refractivity contribution in [3.8, 4) is 0 Å². The number of carbonyl (C=O) groups excluding carboxylic acids is 1. The summed E-state index contributed by atoms with van der Waals surface area (Å²) in [5.41, 5.74) is 6.49. The fourth-order valence-electron chi connectivity index (χ4n) is 1.02. The molecule has 64 valence electrons. The Balaban J connectivity index is 3.04. The molecule has 0 aliphatic rings. The van der Waals surface area contributed by atoms with Crippen molar-refractivity contribution in [1.82, 2.24) is 0 Å². The van der Waals surface area contributed by atoms with Gasteiger partial charge in [0.15, 0.2) is 0 Å². The smallest absolute Gasteiger partial charge is 0.141 e. The molecule has 0 fully saturated rings. The van der Waals surface area contributed by atoms with Crippen LogP contribution in [0.5, 0.6) is 0 Å². The number of thioether (sulfide) groups is 1. The Morgan fingerprint density at radius 2 is 2.17 bits per heavy atom. The Bertz CT molecular complexity index is 275. The number of benzene rings is 1. The molecule has 3 heteroatoms. The van der Waals surface area contributed by atoms with Gasteiger partial charge in [0.2, 0.25) is 0 Å². The van der Waals surface area contributed by atoms with E-state index in [-0.39, 0.29) is 0 Å². The van der Waals surface area contributed by atoms with E-state index in [0.29, 0.717) is 0 Å². The third-order valence-electron chi connectivity index (χ3n) is 1.64. The standard InChI is InChI=1S/C9H11NOS/c1-12-9-5-3-2-4-7(9)8(10)6-11/h2-6,8H,10H2,1H3. The summed E-state index contributed by atoms with van der Waals surface area (Å²) in [5.74, 6) is 0. The SMILES string of the molecule is CSc1ccccc1C(N)C=O. The van der Waals surface area contributed by atoms with Gasteiger partial charge in [0, 0.05) is 4.90 Å². The monoisotopic (exact) mass is 181 g/mol. The Labute approximate surface area is 76.2 Å². The molecule has 0 spiro atoms. The molecule has 2 N–H and O–H groups in total. The van der Waals surface area contributed by atoms with Crippen molar-refractivity contribution in [3.63, 3.8) is 0 Å². The first-order valence-electron chi connectivity index (χ1n) is 3.63. The normalized spacial score (nSPS) is 12.5. The number of carbonyl (C=O) groups is 1. The van der Waals surface area contributed by atoms with E-state index in [9.17, 15) is 4.79 Å². The summed E-state index contributed by atoms with van der Waals surface area (Å²) in [5, 5.41) is 0. The zero-order chi connectivity index (χ0) is 8.97. The topological polar surface area (TPSA) is 43.1 Å². The Kier molecular flexibility index (Phi) is 3.31. The molecule has 0 saturated carbocycles. The van der Waals surface area contributed by atoms with Gasteiger partial charge < -0.3 is 10.5 Å². The fourth-order valence-corrected chi connectivity index (χ4v) is 1.67. The molecule has 1 rings (SSSR count). The first kappa shape index (κ1) is 9.29. The highest BCUT2D eigenvalue weighted by atomic mass is 32.2. The summed E-state index contributed by atoms with van der Waals surface area (Å²) >= 11 is 1.60. The number of hydrogen-bond donors (Lipinski definition) is 1. The van der Waals surface area contributed by atoms with Crippen molar-refractivity contribution in [1.29, 1.82) is 0 Å². The van der Waals surface area contributed by atoms with Crippen LogP contribution in [-0.4, -0.2) is 12.5 Å². The Morgan fingerprint density at radius 1 is 1.50 bits per heavy atom. The molecule has 0 amide bonds. The van der Waals surface area contributed by atoms with E-state index in [0.717, 1.165) is 16.7 Å². The predicted molar refractivity (Wildman–Crippen MR) is 51.2 cm³/mol. The number of nitrogens with two attached hydrogens (primary N) is 1. The van der Waals surface area contributed by atoms with Crippen LogP contribution < -0.4 is 5.73 Å². The van der Waals surface area contributed by atoms with Crippen LogP contribution >= 0.6 is 11.8 Å². The summed E-state index contributed by atoms with van der Waals surface area (Å²) < 4.78 is 0. The molecule has 12 heavy (non-hydrogen) atoms. The summed E-state index contributed by atoms with van der Waals surface area (Å²) in [7, 11) is 0. The van der Waals surface area contributed by atoms with Gasteiger partial charge in [-0.15, -0.1) is 11.8 Å². The Morgan fingerprint density at radius 3 is 2.75 bits per heavy atom. The van der Waals surface area contributed by atoms with Gasteiger partial charge in [-0.05, 0) is 17.9 Å². The van der Waals surface area contributed by atoms with Crippen LogP contribution in [-0.2, 0) is 4.79 Å². The second-order valence-corrected chi connectivity index (χ2v) is 3.25. The lowest BCUT2D eigenvalue weighted by molar-refractivity contribution is -0.109. The van der Waals surface area contributed by atoms with Crippen molar-refractivity contribution in [3.05, 3.63) is 29.8 Å². The van der Waals surface area contributed by atoms with Crippen molar-refractivity contribution in [2.24, 2.45) is 5.73 Å². The Hall–Kier alpha value is -0.800. The number of aldehydes is 1. The second-order valence-electron chi connectivity index (χ2n) is 2.40. The average Bonchev–Trinajstić information content (AvgIpc) is 2.16. The largest absolute Gasteiger partial charge is 0.318 e. The zero-order valence-electron chi connectivity index (χ0n) is 6.86. The van der Waals surface area contributed by atoms with E-state index in [2.05, 4.69) is 0 Å². The summed E-state index contributed by atoms with van der Waals surface area (Å²) in [6.07, 6.45) is 2.73.